The van der Waals surface area contributed by atoms with Crippen molar-refractivity contribution in [2.24, 2.45) is 5.41 Å². The molecule has 2 aliphatic carbocycles. The van der Waals surface area contributed by atoms with Crippen molar-refractivity contribution in [3.8, 4) is 6.07 Å². The maximum atomic E-state index is 9.10. The lowest BCUT2D eigenvalue weighted by atomic mass is 9.63. The van der Waals surface area contributed by atoms with Crippen molar-refractivity contribution < 1.29 is 0 Å². The van der Waals surface area contributed by atoms with Gasteiger partial charge in [0.05, 0.1) is 11.5 Å². The predicted octanol–water partition coefficient (Wildman–Crippen LogP) is 3.18. The minimum absolute atomic E-state index is 0.000417. The molecule has 0 aromatic heterocycles. The third-order valence-electron chi connectivity index (χ3n) is 3.33. The van der Waals surface area contributed by atoms with E-state index >= 15 is 0 Å². The summed E-state index contributed by atoms with van der Waals surface area (Å²) >= 11 is 0. The summed E-state index contributed by atoms with van der Waals surface area (Å²) in [5.74, 6) is 0. The van der Waals surface area contributed by atoms with Crippen LogP contribution in [0.5, 0.6) is 0 Å². The van der Waals surface area contributed by atoms with Crippen LogP contribution < -0.4 is 0 Å². The Morgan fingerprint density at radius 2 is 2.08 bits per heavy atom. The van der Waals surface area contributed by atoms with Crippen molar-refractivity contribution in [1.29, 1.82) is 5.26 Å². The Morgan fingerprint density at radius 3 is 2.50 bits per heavy atom. The van der Waals surface area contributed by atoms with Crippen molar-refractivity contribution in [3.63, 3.8) is 0 Å². The van der Waals surface area contributed by atoms with Gasteiger partial charge in [0.1, 0.15) is 0 Å². The lowest BCUT2D eigenvalue weighted by Gasteiger charge is -2.38. The zero-order chi connectivity index (χ0) is 8.44. The molecule has 0 spiro atoms. The Morgan fingerprint density at radius 1 is 1.25 bits per heavy atom. The highest BCUT2D eigenvalue weighted by Gasteiger charge is 2.40. The van der Waals surface area contributed by atoms with Crippen molar-refractivity contribution in [2.75, 3.05) is 0 Å². The monoisotopic (exact) mass is 161 g/mol. The summed E-state index contributed by atoms with van der Waals surface area (Å²) in [7, 11) is 0. The van der Waals surface area contributed by atoms with Crippen LogP contribution in [0.1, 0.15) is 44.9 Å². The molecule has 0 heterocycles. The van der Waals surface area contributed by atoms with Crippen LogP contribution in [0.25, 0.3) is 0 Å². The molecule has 1 fully saturated rings. The van der Waals surface area contributed by atoms with Crippen LogP contribution in [-0.4, -0.2) is 0 Å². The first-order valence-electron chi connectivity index (χ1n) is 4.98. The maximum Gasteiger partial charge on any atom is 0.0782 e. The Labute approximate surface area is 74.1 Å². The summed E-state index contributed by atoms with van der Waals surface area (Å²) in [5.41, 5.74) is 1.46. The van der Waals surface area contributed by atoms with Gasteiger partial charge in [0.25, 0.3) is 0 Å². The van der Waals surface area contributed by atoms with Gasteiger partial charge in [-0.25, -0.2) is 0 Å². The first kappa shape index (κ1) is 7.86. The largest absolute Gasteiger partial charge is 0.197 e. The zero-order valence-electron chi connectivity index (χ0n) is 7.47. The molecule has 2 rings (SSSR count). The van der Waals surface area contributed by atoms with E-state index in [0.717, 1.165) is 12.8 Å². The molecule has 0 bridgehead atoms. The fourth-order valence-electron chi connectivity index (χ4n) is 2.31. The maximum absolute atomic E-state index is 9.10. The minimum Gasteiger partial charge on any atom is -0.197 e. The molecule has 1 nitrogen and oxygen atoms in total. The number of hydrogen-bond donors (Lipinski definition) is 0. The molecule has 2 aliphatic rings. The van der Waals surface area contributed by atoms with Crippen molar-refractivity contribution >= 4 is 0 Å². The highest BCUT2D eigenvalue weighted by molar-refractivity contribution is 5.28. The van der Waals surface area contributed by atoms with Gasteiger partial charge in [0, 0.05) is 0 Å². The van der Waals surface area contributed by atoms with E-state index in [2.05, 4.69) is 12.1 Å². The standard InChI is InChI=1S/C11H15N/c12-9-11(7-4-8-11)10-5-2-1-3-6-10/h5H,1-4,6-8H2. The van der Waals surface area contributed by atoms with Gasteiger partial charge in [0.15, 0.2) is 0 Å². The van der Waals surface area contributed by atoms with Crippen LogP contribution in [0, 0.1) is 16.7 Å². The minimum atomic E-state index is 0.000417. The molecule has 0 atom stereocenters. The van der Waals surface area contributed by atoms with Gasteiger partial charge in [-0.1, -0.05) is 11.6 Å². The van der Waals surface area contributed by atoms with Crippen LogP contribution in [0.2, 0.25) is 0 Å². The molecule has 0 saturated heterocycles. The van der Waals surface area contributed by atoms with E-state index < -0.39 is 0 Å². The number of nitrogens with zero attached hydrogens (tertiary/aromatic N) is 1. The van der Waals surface area contributed by atoms with E-state index in [4.69, 9.17) is 5.26 Å². The first-order chi connectivity index (χ1) is 5.87. The van der Waals surface area contributed by atoms with Crippen molar-refractivity contribution in [1.82, 2.24) is 0 Å². The van der Waals surface area contributed by atoms with E-state index in [9.17, 15) is 0 Å². The second-order valence-corrected chi connectivity index (χ2v) is 4.02. The highest BCUT2D eigenvalue weighted by atomic mass is 14.5. The summed E-state index contributed by atoms with van der Waals surface area (Å²) in [4.78, 5) is 0. The number of allylic oxidation sites excluding steroid dienone is 2. The molecule has 0 aliphatic heterocycles. The van der Waals surface area contributed by atoms with Crippen LogP contribution in [0.4, 0.5) is 0 Å². The average Bonchev–Trinajstić information content (AvgIpc) is 2.05. The number of hydrogen-bond acceptors (Lipinski definition) is 1. The molecule has 0 radical (unpaired) electrons. The third-order valence-corrected chi connectivity index (χ3v) is 3.33. The third kappa shape index (κ3) is 1.06. The van der Waals surface area contributed by atoms with Gasteiger partial charge >= 0.3 is 0 Å². The molecule has 1 saturated carbocycles. The summed E-state index contributed by atoms with van der Waals surface area (Å²) < 4.78 is 0. The van der Waals surface area contributed by atoms with Crippen molar-refractivity contribution in [3.05, 3.63) is 11.6 Å². The number of nitriles is 1. The summed E-state index contributed by atoms with van der Waals surface area (Å²) in [5, 5.41) is 9.10. The topological polar surface area (TPSA) is 23.8 Å². The molecule has 0 aromatic carbocycles. The summed E-state index contributed by atoms with van der Waals surface area (Å²) in [6.45, 7) is 0. The van der Waals surface area contributed by atoms with Gasteiger partial charge < -0.3 is 0 Å². The second kappa shape index (κ2) is 2.94. The molecule has 12 heavy (non-hydrogen) atoms. The zero-order valence-corrected chi connectivity index (χ0v) is 7.47. The fraction of sp³-hybridized carbons (Fsp3) is 0.727. The molecule has 0 N–H and O–H groups in total. The Hall–Kier alpha value is -0.770. The average molecular weight is 161 g/mol. The fourth-order valence-corrected chi connectivity index (χ4v) is 2.31. The Balaban J connectivity index is 2.16. The van der Waals surface area contributed by atoms with Gasteiger partial charge in [-0.15, -0.1) is 0 Å². The van der Waals surface area contributed by atoms with Crippen molar-refractivity contribution in [2.45, 2.75) is 44.9 Å². The molecule has 64 valence electrons. The lowest BCUT2D eigenvalue weighted by Crippen LogP contribution is -2.30. The smallest absolute Gasteiger partial charge is 0.0782 e. The van der Waals surface area contributed by atoms with E-state index in [1.54, 1.807) is 0 Å². The van der Waals surface area contributed by atoms with Crippen LogP contribution in [0.3, 0.4) is 0 Å². The van der Waals surface area contributed by atoms with Gasteiger partial charge in [-0.2, -0.15) is 5.26 Å². The molecule has 0 amide bonds. The van der Waals surface area contributed by atoms with Gasteiger partial charge in [0.2, 0.25) is 0 Å². The quantitative estimate of drug-likeness (QED) is 0.542. The molecule has 0 aromatic rings. The molecule has 0 unspecified atom stereocenters. The van der Waals surface area contributed by atoms with E-state index in [1.807, 2.05) is 0 Å². The second-order valence-electron chi connectivity index (χ2n) is 4.02. The lowest BCUT2D eigenvalue weighted by molar-refractivity contribution is 0.256. The molecule has 1 heteroatoms. The van der Waals surface area contributed by atoms with Gasteiger partial charge in [-0.05, 0) is 44.9 Å². The van der Waals surface area contributed by atoms with E-state index in [1.165, 1.54) is 37.7 Å². The van der Waals surface area contributed by atoms with Crippen LogP contribution in [0.15, 0.2) is 11.6 Å². The van der Waals surface area contributed by atoms with E-state index in [-0.39, 0.29) is 5.41 Å². The predicted molar refractivity (Wildman–Crippen MR) is 48.4 cm³/mol. The molecular formula is C11H15N. The van der Waals surface area contributed by atoms with Crippen LogP contribution in [-0.2, 0) is 0 Å². The normalized spacial score (nSPS) is 26.8. The Kier molecular flexibility index (Phi) is 1.92. The Bertz CT molecular complexity index is 240. The van der Waals surface area contributed by atoms with E-state index in [0.29, 0.717) is 0 Å². The highest BCUT2D eigenvalue weighted by Crippen LogP contribution is 2.49. The molecular weight excluding hydrogens is 146 g/mol. The first-order valence-corrected chi connectivity index (χ1v) is 4.98. The van der Waals surface area contributed by atoms with Crippen LogP contribution >= 0.6 is 0 Å². The SMILES string of the molecule is N#CC1(C2=CCCCC2)CCC1. The summed E-state index contributed by atoms with van der Waals surface area (Å²) in [6.07, 6.45) is 10.8. The summed E-state index contributed by atoms with van der Waals surface area (Å²) in [6, 6.07) is 2.52. The van der Waals surface area contributed by atoms with Gasteiger partial charge in [-0.3, -0.25) is 0 Å². The number of rotatable bonds is 1.